The number of nitrogens with one attached hydrogen (secondary N) is 1. The molecule has 2 heterocycles. The standard InChI is InChI=1S/C23H26N4O/c1-16-7-9-19(10-8-16)20-15-21(25-24-20)23(28)27-13-11-26(12-14-27)22-6-4-5-17(2)18(22)3/h4-10,15H,11-14H2,1-3H3,(H,24,25). The number of aryl methyl sites for hydroxylation is 2. The Bertz CT molecular complexity index is 982. The van der Waals surface area contributed by atoms with E-state index in [1.165, 1.54) is 22.4 Å². The third-order valence-electron chi connectivity index (χ3n) is 5.64. The molecule has 1 saturated heterocycles. The van der Waals surface area contributed by atoms with Crippen molar-refractivity contribution in [2.75, 3.05) is 31.1 Å². The molecule has 0 aliphatic carbocycles. The highest BCUT2D eigenvalue weighted by Gasteiger charge is 2.24. The molecule has 0 bridgehead atoms. The first-order valence-corrected chi connectivity index (χ1v) is 9.76. The van der Waals surface area contributed by atoms with E-state index in [2.05, 4.69) is 66.2 Å². The second-order valence-electron chi connectivity index (χ2n) is 7.53. The minimum absolute atomic E-state index is 0.0199. The van der Waals surface area contributed by atoms with Gasteiger partial charge < -0.3 is 9.80 Å². The van der Waals surface area contributed by atoms with Crippen LogP contribution in [0.2, 0.25) is 0 Å². The van der Waals surface area contributed by atoms with Crippen LogP contribution in [-0.2, 0) is 0 Å². The van der Waals surface area contributed by atoms with E-state index in [9.17, 15) is 4.79 Å². The van der Waals surface area contributed by atoms with Crippen LogP contribution < -0.4 is 4.90 Å². The van der Waals surface area contributed by atoms with Gasteiger partial charge in [-0.1, -0.05) is 42.0 Å². The largest absolute Gasteiger partial charge is 0.368 e. The average Bonchev–Trinajstić information content (AvgIpc) is 3.20. The summed E-state index contributed by atoms with van der Waals surface area (Å²) in [6, 6.07) is 16.4. The Labute approximate surface area is 166 Å². The Morgan fingerprint density at radius 3 is 2.39 bits per heavy atom. The Morgan fingerprint density at radius 2 is 1.68 bits per heavy atom. The Balaban J connectivity index is 1.43. The van der Waals surface area contributed by atoms with Gasteiger partial charge >= 0.3 is 0 Å². The van der Waals surface area contributed by atoms with E-state index in [1.54, 1.807) is 0 Å². The summed E-state index contributed by atoms with van der Waals surface area (Å²) in [5.41, 5.74) is 7.47. The number of aromatic nitrogens is 2. The lowest BCUT2D eigenvalue weighted by Gasteiger charge is -2.36. The highest BCUT2D eigenvalue weighted by Crippen LogP contribution is 2.24. The number of benzene rings is 2. The van der Waals surface area contributed by atoms with Gasteiger partial charge in [-0.05, 0) is 44.0 Å². The topological polar surface area (TPSA) is 52.2 Å². The summed E-state index contributed by atoms with van der Waals surface area (Å²) < 4.78 is 0. The van der Waals surface area contributed by atoms with Gasteiger partial charge in [-0.25, -0.2) is 0 Å². The fourth-order valence-electron chi connectivity index (χ4n) is 3.70. The van der Waals surface area contributed by atoms with Gasteiger partial charge in [0.05, 0.1) is 5.69 Å². The molecule has 5 nitrogen and oxygen atoms in total. The number of aromatic amines is 1. The summed E-state index contributed by atoms with van der Waals surface area (Å²) in [7, 11) is 0. The molecule has 1 aliphatic heterocycles. The average molecular weight is 374 g/mol. The summed E-state index contributed by atoms with van der Waals surface area (Å²) in [6.45, 7) is 9.48. The number of anilines is 1. The second-order valence-corrected chi connectivity index (χ2v) is 7.53. The van der Waals surface area contributed by atoms with E-state index >= 15 is 0 Å². The van der Waals surface area contributed by atoms with Gasteiger partial charge in [-0.3, -0.25) is 9.89 Å². The van der Waals surface area contributed by atoms with Crippen LogP contribution >= 0.6 is 0 Å². The van der Waals surface area contributed by atoms with Gasteiger partial charge in [0.15, 0.2) is 0 Å². The number of hydrogen-bond donors (Lipinski definition) is 1. The zero-order chi connectivity index (χ0) is 19.7. The molecule has 1 N–H and O–H groups in total. The highest BCUT2D eigenvalue weighted by molar-refractivity contribution is 5.93. The Morgan fingerprint density at radius 1 is 0.964 bits per heavy atom. The summed E-state index contributed by atoms with van der Waals surface area (Å²) in [4.78, 5) is 17.2. The van der Waals surface area contributed by atoms with Crippen molar-refractivity contribution >= 4 is 11.6 Å². The van der Waals surface area contributed by atoms with Crippen molar-refractivity contribution in [3.05, 3.63) is 70.9 Å². The molecule has 0 saturated carbocycles. The predicted molar refractivity (Wildman–Crippen MR) is 113 cm³/mol. The molecule has 2 aromatic carbocycles. The summed E-state index contributed by atoms with van der Waals surface area (Å²) in [5, 5.41) is 7.25. The fourth-order valence-corrected chi connectivity index (χ4v) is 3.70. The van der Waals surface area contributed by atoms with Crippen LogP contribution in [0.5, 0.6) is 0 Å². The van der Waals surface area contributed by atoms with Gasteiger partial charge in [0.2, 0.25) is 0 Å². The number of carbonyl (C=O) groups is 1. The molecule has 28 heavy (non-hydrogen) atoms. The van der Waals surface area contributed by atoms with Crippen molar-refractivity contribution in [3.8, 4) is 11.3 Å². The van der Waals surface area contributed by atoms with Crippen molar-refractivity contribution < 1.29 is 4.79 Å². The van der Waals surface area contributed by atoms with Crippen molar-refractivity contribution in [2.24, 2.45) is 0 Å². The molecule has 4 rings (SSSR count). The fraction of sp³-hybridized carbons (Fsp3) is 0.304. The predicted octanol–water partition coefficient (Wildman–Crippen LogP) is 3.96. The molecular weight excluding hydrogens is 348 g/mol. The summed E-state index contributed by atoms with van der Waals surface area (Å²) in [6.07, 6.45) is 0. The van der Waals surface area contributed by atoms with E-state index in [0.717, 1.165) is 24.3 Å². The van der Waals surface area contributed by atoms with Crippen molar-refractivity contribution in [3.63, 3.8) is 0 Å². The first-order valence-electron chi connectivity index (χ1n) is 9.76. The first kappa shape index (κ1) is 18.3. The monoisotopic (exact) mass is 374 g/mol. The molecular formula is C23H26N4O. The van der Waals surface area contributed by atoms with Crippen LogP contribution in [0.25, 0.3) is 11.3 Å². The van der Waals surface area contributed by atoms with Gasteiger partial charge in [0.1, 0.15) is 5.69 Å². The maximum Gasteiger partial charge on any atom is 0.272 e. The molecule has 1 amide bonds. The second kappa shape index (κ2) is 7.50. The molecule has 0 spiro atoms. The number of amides is 1. The lowest BCUT2D eigenvalue weighted by Crippen LogP contribution is -2.49. The molecule has 1 fully saturated rings. The minimum Gasteiger partial charge on any atom is -0.368 e. The van der Waals surface area contributed by atoms with Crippen molar-refractivity contribution in [1.29, 1.82) is 0 Å². The normalized spacial score (nSPS) is 14.4. The molecule has 1 aliphatic rings. The molecule has 0 atom stereocenters. The van der Waals surface area contributed by atoms with Crippen molar-refractivity contribution in [1.82, 2.24) is 15.1 Å². The smallest absolute Gasteiger partial charge is 0.272 e. The van der Waals surface area contributed by atoms with Gasteiger partial charge in [0, 0.05) is 37.4 Å². The lowest BCUT2D eigenvalue weighted by atomic mass is 10.1. The molecule has 144 valence electrons. The van der Waals surface area contributed by atoms with Crippen LogP contribution in [0, 0.1) is 20.8 Å². The Hall–Kier alpha value is -3.08. The molecule has 0 radical (unpaired) electrons. The Kier molecular flexibility index (Phi) is 4.90. The van der Waals surface area contributed by atoms with Crippen molar-refractivity contribution in [2.45, 2.75) is 20.8 Å². The van der Waals surface area contributed by atoms with E-state index in [1.807, 2.05) is 23.1 Å². The molecule has 0 unspecified atom stereocenters. The third-order valence-corrected chi connectivity index (χ3v) is 5.64. The third kappa shape index (κ3) is 3.52. The van der Waals surface area contributed by atoms with E-state index in [4.69, 9.17) is 0 Å². The zero-order valence-corrected chi connectivity index (χ0v) is 16.7. The minimum atomic E-state index is 0.0199. The molecule has 5 heteroatoms. The molecule has 1 aromatic heterocycles. The van der Waals surface area contributed by atoms with Crippen LogP contribution in [0.15, 0.2) is 48.5 Å². The zero-order valence-electron chi connectivity index (χ0n) is 16.7. The SMILES string of the molecule is Cc1ccc(-c2cc(C(=O)N3CCN(c4cccc(C)c4C)CC3)[nH]n2)cc1. The molecule has 3 aromatic rings. The van der Waals surface area contributed by atoms with Crippen LogP contribution in [0.4, 0.5) is 5.69 Å². The van der Waals surface area contributed by atoms with Crippen LogP contribution in [-0.4, -0.2) is 47.2 Å². The first-order chi connectivity index (χ1) is 13.5. The highest BCUT2D eigenvalue weighted by atomic mass is 16.2. The number of H-pyrrole nitrogens is 1. The summed E-state index contributed by atoms with van der Waals surface area (Å²) in [5.74, 6) is 0.0199. The number of hydrogen-bond acceptors (Lipinski definition) is 3. The van der Waals surface area contributed by atoms with Crippen LogP contribution in [0.1, 0.15) is 27.2 Å². The maximum atomic E-state index is 12.9. The van der Waals surface area contributed by atoms with E-state index < -0.39 is 0 Å². The van der Waals surface area contributed by atoms with E-state index in [-0.39, 0.29) is 5.91 Å². The summed E-state index contributed by atoms with van der Waals surface area (Å²) >= 11 is 0. The van der Waals surface area contributed by atoms with Gasteiger partial charge in [0.25, 0.3) is 5.91 Å². The number of rotatable bonds is 3. The van der Waals surface area contributed by atoms with Crippen LogP contribution in [0.3, 0.4) is 0 Å². The van der Waals surface area contributed by atoms with Gasteiger partial charge in [-0.15, -0.1) is 0 Å². The number of piperazine rings is 1. The quantitative estimate of drug-likeness (QED) is 0.755. The maximum absolute atomic E-state index is 12.9. The number of nitrogens with zero attached hydrogens (tertiary/aromatic N) is 3. The number of carbonyl (C=O) groups excluding carboxylic acids is 1. The van der Waals surface area contributed by atoms with Gasteiger partial charge in [-0.2, -0.15) is 5.10 Å². The lowest BCUT2D eigenvalue weighted by molar-refractivity contribution is 0.0741. The van der Waals surface area contributed by atoms with E-state index in [0.29, 0.717) is 18.8 Å².